The first-order chi connectivity index (χ1) is 6.74. The van der Waals surface area contributed by atoms with Gasteiger partial charge in [-0.25, -0.2) is 0 Å². The summed E-state index contributed by atoms with van der Waals surface area (Å²) in [6.07, 6.45) is 6.76. The minimum absolute atomic E-state index is 0.716. The van der Waals surface area contributed by atoms with Gasteiger partial charge in [-0.1, -0.05) is 6.42 Å². The normalized spacial score (nSPS) is 25.3. The summed E-state index contributed by atoms with van der Waals surface area (Å²) in [5.41, 5.74) is 5.57. The Morgan fingerprint density at radius 3 is 2.79 bits per heavy atom. The number of rotatable bonds is 4. The van der Waals surface area contributed by atoms with E-state index >= 15 is 0 Å². The molecule has 0 amide bonds. The van der Waals surface area contributed by atoms with Gasteiger partial charge in [0.2, 0.25) is 0 Å². The van der Waals surface area contributed by atoms with E-state index in [-0.39, 0.29) is 0 Å². The van der Waals surface area contributed by atoms with Gasteiger partial charge in [0, 0.05) is 12.6 Å². The molecule has 2 N–H and O–H groups in total. The van der Waals surface area contributed by atoms with Crippen LogP contribution in [0.5, 0.6) is 0 Å². The molecule has 0 spiro atoms. The first-order valence-corrected chi connectivity index (χ1v) is 6.18. The standard InChI is InChI=1S/C12H26N2/c1-11(2)14-9-4-3-6-12(10-14)7-5-8-13/h11-12H,3-10,13H2,1-2H3. The SMILES string of the molecule is CC(C)N1CCCCC(CCCN)C1. The number of hydrogen-bond acceptors (Lipinski definition) is 2. The average molecular weight is 198 g/mol. The fourth-order valence-corrected chi connectivity index (χ4v) is 2.37. The Bertz CT molecular complexity index is 145. The van der Waals surface area contributed by atoms with Gasteiger partial charge < -0.3 is 10.6 Å². The van der Waals surface area contributed by atoms with Crippen LogP contribution in [0.15, 0.2) is 0 Å². The topological polar surface area (TPSA) is 29.3 Å². The van der Waals surface area contributed by atoms with Gasteiger partial charge in [-0.2, -0.15) is 0 Å². The second-order valence-corrected chi connectivity index (χ2v) is 4.88. The monoisotopic (exact) mass is 198 g/mol. The number of likely N-dealkylation sites (tertiary alicyclic amines) is 1. The molecule has 1 unspecified atom stereocenters. The lowest BCUT2D eigenvalue weighted by atomic mass is 9.97. The fourth-order valence-electron chi connectivity index (χ4n) is 2.37. The summed E-state index contributed by atoms with van der Waals surface area (Å²) in [7, 11) is 0. The van der Waals surface area contributed by atoms with E-state index in [1.807, 2.05) is 0 Å². The van der Waals surface area contributed by atoms with Crippen molar-refractivity contribution in [1.82, 2.24) is 4.90 Å². The zero-order chi connectivity index (χ0) is 10.4. The maximum absolute atomic E-state index is 5.57. The van der Waals surface area contributed by atoms with E-state index in [1.54, 1.807) is 0 Å². The van der Waals surface area contributed by atoms with Crippen LogP contribution in [0.1, 0.15) is 46.0 Å². The quantitative estimate of drug-likeness (QED) is 0.750. The highest BCUT2D eigenvalue weighted by Crippen LogP contribution is 2.21. The van der Waals surface area contributed by atoms with Crippen molar-refractivity contribution >= 4 is 0 Å². The molecule has 1 aliphatic rings. The van der Waals surface area contributed by atoms with Gasteiger partial charge in [0.25, 0.3) is 0 Å². The van der Waals surface area contributed by atoms with Crippen LogP contribution in [0.3, 0.4) is 0 Å². The molecule has 2 nitrogen and oxygen atoms in total. The van der Waals surface area contributed by atoms with Crippen molar-refractivity contribution in [3.63, 3.8) is 0 Å². The highest BCUT2D eigenvalue weighted by atomic mass is 15.1. The van der Waals surface area contributed by atoms with Crippen molar-refractivity contribution in [1.29, 1.82) is 0 Å². The molecule has 0 aromatic heterocycles. The van der Waals surface area contributed by atoms with Crippen molar-refractivity contribution in [2.75, 3.05) is 19.6 Å². The molecular weight excluding hydrogens is 172 g/mol. The summed E-state index contributed by atoms with van der Waals surface area (Å²) in [6.45, 7) is 8.09. The molecule has 1 atom stereocenters. The van der Waals surface area contributed by atoms with Crippen LogP contribution < -0.4 is 5.73 Å². The zero-order valence-corrected chi connectivity index (χ0v) is 9.84. The maximum Gasteiger partial charge on any atom is 0.00387 e. The lowest BCUT2D eigenvalue weighted by Gasteiger charge is -2.27. The minimum atomic E-state index is 0.716. The summed E-state index contributed by atoms with van der Waals surface area (Å²) in [4.78, 5) is 2.63. The molecule has 84 valence electrons. The van der Waals surface area contributed by atoms with E-state index in [0.717, 1.165) is 12.5 Å². The van der Waals surface area contributed by atoms with E-state index in [9.17, 15) is 0 Å². The van der Waals surface area contributed by atoms with Crippen LogP contribution in [0.25, 0.3) is 0 Å². The molecule has 1 fully saturated rings. The molecule has 0 aromatic carbocycles. The Labute approximate surface area is 88.8 Å². The molecule has 14 heavy (non-hydrogen) atoms. The zero-order valence-electron chi connectivity index (χ0n) is 9.84. The van der Waals surface area contributed by atoms with Crippen LogP contribution in [0.2, 0.25) is 0 Å². The molecule has 0 aromatic rings. The lowest BCUT2D eigenvalue weighted by molar-refractivity contribution is 0.197. The number of nitrogens with two attached hydrogens (primary N) is 1. The Morgan fingerprint density at radius 1 is 1.36 bits per heavy atom. The molecule has 2 heteroatoms. The molecule has 1 aliphatic heterocycles. The first-order valence-electron chi connectivity index (χ1n) is 6.18. The third kappa shape index (κ3) is 3.97. The van der Waals surface area contributed by atoms with Gasteiger partial charge in [0.15, 0.2) is 0 Å². The predicted octanol–water partition coefficient (Wildman–Crippen LogP) is 2.24. The van der Waals surface area contributed by atoms with Gasteiger partial charge in [0.05, 0.1) is 0 Å². The van der Waals surface area contributed by atoms with Crippen LogP contribution in [0, 0.1) is 5.92 Å². The van der Waals surface area contributed by atoms with Crippen LogP contribution in [-0.4, -0.2) is 30.6 Å². The lowest BCUT2D eigenvalue weighted by Crippen LogP contribution is -2.34. The van der Waals surface area contributed by atoms with Gasteiger partial charge in [-0.05, 0) is 58.5 Å². The second kappa shape index (κ2) is 6.41. The van der Waals surface area contributed by atoms with E-state index < -0.39 is 0 Å². The van der Waals surface area contributed by atoms with Gasteiger partial charge in [-0.15, -0.1) is 0 Å². The van der Waals surface area contributed by atoms with Crippen LogP contribution in [-0.2, 0) is 0 Å². The summed E-state index contributed by atoms with van der Waals surface area (Å²) >= 11 is 0. The van der Waals surface area contributed by atoms with E-state index in [1.165, 1.54) is 45.2 Å². The van der Waals surface area contributed by atoms with Crippen molar-refractivity contribution in [3.8, 4) is 0 Å². The Balaban J connectivity index is 2.35. The highest BCUT2D eigenvalue weighted by molar-refractivity contribution is 4.73. The fraction of sp³-hybridized carbons (Fsp3) is 1.00. The molecule has 0 radical (unpaired) electrons. The molecular formula is C12H26N2. The van der Waals surface area contributed by atoms with Crippen LogP contribution in [0.4, 0.5) is 0 Å². The summed E-state index contributed by atoms with van der Waals surface area (Å²) in [5, 5.41) is 0. The molecule has 0 aliphatic carbocycles. The third-order valence-electron chi connectivity index (χ3n) is 3.35. The Hall–Kier alpha value is -0.0800. The number of hydrogen-bond donors (Lipinski definition) is 1. The van der Waals surface area contributed by atoms with Crippen molar-refractivity contribution in [2.45, 2.75) is 52.0 Å². The van der Waals surface area contributed by atoms with Gasteiger partial charge >= 0.3 is 0 Å². The molecule has 0 bridgehead atoms. The van der Waals surface area contributed by atoms with E-state index in [0.29, 0.717) is 6.04 Å². The molecule has 1 rings (SSSR count). The summed E-state index contributed by atoms with van der Waals surface area (Å²) < 4.78 is 0. The summed E-state index contributed by atoms with van der Waals surface area (Å²) in [5.74, 6) is 0.906. The van der Waals surface area contributed by atoms with Gasteiger partial charge in [0.1, 0.15) is 0 Å². The molecule has 0 saturated carbocycles. The molecule has 1 heterocycles. The first kappa shape index (κ1) is 12.0. The van der Waals surface area contributed by atoms with Crippen molar-refractivity contribution in [3.05, 3.63) is 0 Å². The predicted molar refractivity (Wildman–Crippen MR) is 62.3 cm³/mol. The van der Waals surface area contributed by atoms with Crippen molar-refractivity contribution < 1.29 is 0 Å². The van der Waals surface area contributed by atoms with Crippen molar-refractivity contribution in [2.24, 2.45) is 11.7 Å². The second-order valence-electron chi connectivity index (χ2n) is 4.88. The average Bonchev–Trinajstić information content (AvgIpc) is 2.39. The highest BCUT2D eigenvalue weighted by Gasteiger charge is 2.19. The van der Waals surface area contributed by atoms with Gasteiger partial charge in [-0.3, -0.25) is 0 Å². The minimum Gasteiger partial charge on any atom is -0.330 e. The molecule has 1 saturated heterocycles. The Kier molecular flexibility index (Phi) is 5.49. The maximum atomic E-state index is 5.57. The van der Waals surface area contributed by atoms with E-state index in [4.69, 9.17) is 5.73 Å². The Morgan fingerprint density at radius 2 is 2.14 bits per heavy atom. The van der Waals surface area contributed by atoms with Crippen LogP contribution >= 0.6 is 0 Å². The smallest absolute Gasteiger partial charge is 0.00387 e. The number of nitrogens with zero attached hydrogens (tertiary/aromatic N) is 1. The third-order valence-corrected chi connectivity index (χ3v) is 3.35. The largest absolute Gasteiger partial charge is 0.330 e. The summed E-state index contributed by atoms with van der Waals surface area (Å²) in [6, 6.07) is 0.716. The van der Waals surface area contributed by atoms with E-state index in [2.05, 4.69) is 18.7 Å².